The second-order valence-corrected chi connectivity index (χ2v) is 6.18. The SMILES string of the molecule is CSc1ccc(Cl)c(C(=O)NC2CCNCC2C)c1.Cl. The fourth-order valence-electron chi connectivity index (χ4n) is 2.28. The summed E-state index contributed by atoms with van der Waals surface area (Å²) in [4.78, 5) is 13.4. The van der Waals surface area contributed by atoms with E-state index in [9.17, 15) is 4.79 Å². The zero-order valence-corrected chi connectivity index (χ0v) is 14.0. The Hall–Kier alpha value is -0.420. The van der Waals surface area contributed by atoms with Crippen molar-refractivity contribution in [2.45, 2.75) is 24.3 Å². The van der Waals surface area contributed by atoms with Gasteiger partial charge in [-0.05, 0) is 49.9 Å². The Balaban J connectivity index is 0.00000200. The predicted molar refractivity (Wildman–Crippen MR) is 88.4 cm³/mol. The van der Waals surface area contributed by atoms with Gasteiger partial charge in [0.05, 0.1) is 10.6 Å². The molecule has 1 aromatic carbocycles. The Bertz CT molecular complexity index is 470. The summed E-state index contributed by atoms with van der Waals surface area (Å²) < 4.78 is 0. The Kier molecular flexibility index (Phi) is 7.17. The minimum atomic E-state index is -0.0698. The van der Waals surface area contributed by atoms with Crippen molar-refractivity contribution in [3.8, 4) is 0 Å². The lowest BCUT2D eigenvalue weighted by Gasteiger charge is -2.30. The molecule has 1 saturated heterocycles. The molecule has 0 saturated carbocycles. The summed E-state index contributed by atoms with van der Waals surface area (Å²) in [5, 5.41) is 6.94. The summed E-state index contributed by atoms with van der Waals surface area (Å²) >= 11 is 7.73. The fourth-order valence-corrected chi connectivity index (χ4v) is 2.92. The number of amides is 1. The summed E-state index contributed by atoms with van der Waals surface area (Å²) in [6.45, 7) is 4.05. The number of rotatable bonds is 3. The van der Waals surface area contributed by atoms with Crippen molar-refractivity contribution in [1.82, 2.24) is 10.6 Å². The molecule has 1 fully saturated rings. The number of hydrogen-bond acceptors (Lipinski definition) is 3. The molecule has 2 N–H and O–H groups in total. The summed E-state index contributed by atoms with van der Waals surface area (Å²) in [7, 11) is 0. The number of piperidine rings is 1. The van der Waals surface area contributed by atoms with E-state index < -0.39 is 0 Å². The van der Waals surface area contributed by atoms with Crippen molar-refractivity contribution in [3.63, 3.8) is 0 Å². The molecular formula is C14H20Cl2N2OS. The van der Waals surface area contributed by atoms with Crippen LogP contribution in [0.15, 0.2) is 23.1 Å². The maximum absolute atomic E-state index is 12.3. The van der Waals surface area contributed by atoms with Crippen LogP contribution in [0.25, 0.3) is 0 Å². The van der Waals surface area contributed by atoms with Crippen LogP contribution in [0.3, 0.4) is 0 Å². The summed E-state index contributed by atoms with van der Waals surface area (Å²) in [5.74, 6) is 0.375. The van der Waals surface area contributed by atoms with Gasteiger partial charge in [0.1, 0.15) is 0 Å². The van der Waals surface area contributed by atoms with E-state index in [0.717, 1.165) is 24.4 Å². The molecule has 2 unspecified atom stereocenters. The zero-order chi connectivity index (χ0) is 13.8. The molecule has 2 atom stereocenters. The first-order valence-corrected chi connectivity index (χ1v) is 8.07. The van der Waals surface area contributed by atoms with Gasteiger partial charge < -0.3 is 10.6 Å². The van der Waals surface area contributed by atoms with Crippen LogP contribution >= 0.6 is 35.8 Å². The molecule has 0 radical (unpaired) electrons. The number of carbonyl (C=O) groups excluding carboxylic acids is 1. The van der Waals surface area contributed by atoms with Crippen LogP contribution in [-0.4, -0.2) is 31.3 Å². The highest BCUT2D eigenvalue weighted by Crippen LogP contribution is 2.23. The van der Waals surface area contributed by atoms with Gasteiger partial charge >= 0.3 is 0 Å². The second kappa shape index (κ2) is 8.13. The molecule has 0 aliphatic carbocycles. The van der Waals surface area contributed by atoms with Crippen molar-refractivity contribution < 1.29 is 4.79 Å². The molecule has 0 bridgehead atoms. The average molecular weight is 335 g/mol. The maximum atomic E-state index is 12.3. The Labute approximate surface area is 135 Å². The van der Waals surface area contributed by atoms with Crippen LogP contribution in [0, 0.1) is 5.92 Å². The summed E-state index contributed by atoms with van der Waals surface area (Å²) in [5.41, 5.74) is 0.569. The first-order chi connectivity index (χ1) is 9.11. The molecular weight excluding hydrogens is 315 g/mol. The second-order valence-electron chi connectivity index (χ2n) is 4.90. The van der Waals surface area contributed by atoms with Crippen LogP contribution < -0.4 is 10.6 Å². The summed E-state index contributed by atoms with van der Waals surface area (Å²) in [6, 6.07) is 5.79. The third-order valence-electron chi connectivity index (χ3n) is 3.52. The number of carbonyl (C=O) groups is 1. The summed E-state index contributed by atoms with van der Waals surface area (Å²) in [6.07, 6.45) is 2.95. The van der Waals surface area contributed by atoms with Gasteiger partial charge in [0.25, 0.3) is 5.91 Å². The normalized spacial score (nSPS) is 21.9. The smallest absolute Gasteiger partial charge is 0.253 e. The van der Waals surface area contributed by atoms with Crippen molar-refractivity contribution in [3.05, 3.63) is 28.8 Å². The molecule has 2 rings (SSSR count). The number of benzene rings is 1. The first kappa shape index (κ1) is 17.6. The fraction of sp³-hybridized carbons (Fsp3) is 0.500. The van der Waals surface area contributed by atoms with Gasteiger partial charge in [-0.25, -0.2) is 0 Å². The zero-order valence-electron chi connectivity index (χ0n) is 11.6. The van der Waals surface area contributed by atoms with Crippen LogP contribution in [0.1, 0.15) is 23.7 Å². The monoisotopic (exact) mass is 334 g/mol. The lowest BCUT2D eigenvalue weighted by atomic mass is 9.95. The average Bonchev–Trinajstić information content (AvgIpc) is 2.42. The van der Waals surface area contributed by atoms with E-state index in [4.69, 9.17) is 11.6 Å². The van der Waals surface area contributed by atoms with Gasteiger partial charge in [-0.2, -0.15) is 0 Å². The Morgan fingerprint density at radius 2 is 2.25 bits per heavy atom. The van der Waals surface area contributed by atoms with E-state index in [0.29, 0.717) is 16.5 Å². The Morgan fingerprint density at radius 3 is 2.90 bits per heavy atom. The third kappa shape index (κ3) is 4.29. The molecule has 20 heavy (non-hydrogen) atoms. The molecule has 1 aliphatic rings. The van der Waals surface area contributed by atoms with Crippen molar-refractivity contribution >= 4 is 41.7 Å². The Morgan fingerprint density at radius 1 is 1.50 bits per heavy atom. The van der Waals surface area contributed by atoms with Crippen molar-refractivity contribution in [2.24, 2.45) is 5.92 Å². The number of hydrogen-bond donors (Lipinski definition) is 2. The lowest BCUT2D eigenvalue weighted by Crippen LogP contribution is -2.48. The molecule has 1 amide bonds. The van der Waals surface area contributed by atoms with Gasteiger partial charge in [-0.1, -0.05) is 18.5 Å². The topological polar surface area (TPSA) is 41.1 Å². The van der Waals surface area contributed by atoms with Crippen LogP contribution in [0.4, 0.5) is 0 Å². The number of halogens is 2. The minimum absolute atomic E-state index is 0. The van der Waals surface area contributed by atoms with E-state index in [1.807, 2.05) is 18.4 Å². The highest BCUT2D eigenvalue weighted by molar-refractivity contribution is 7.98. The molecule has 3 nitrogen and oxygen atoms in total. The molecule has 1 aromatic rings. The largest absolute Gasteiger partial charge is 0.349 e. The van der Waals surface area contributed by atoms with Gasteiger partial charge in [0, 0.05) is 10.9 Å². The van der Waals surface area contributed by atoms with E-state index in [2.05, 4.69) is 17.6 Å². The minimum Gasteiger partial charge on any atom is -0.349 e. The van der Waals surface area contributed by atoms with E-state index in [1.165, 1.54) is 0 Å². The van der Waals surface area contributed by atoms with E-state index in [1.54, 1.807) is 17.8 Å². The number of thioether (sulfide) groups is 1. The highest BCUT2D eigenvalue weighted by atomic mass is 35.5. The standard InChI is InChI=1S/C14H19ClN2OS.ClH/c1-9-8-16-6-5-13(9)17-14(18)11-7-10(19-2)3-4-12(11)15;/h3-4,7,9,13,16H,5-6,8H2,1-2H3,(H,17,18);1H. The van der Waals surface area contributed by atoms with E-state index in [-0.39, 0.29) is 24.4 Å². The number of nitrogens with one attached hydrogen (secondary N) is 2. The molecule has 6 heteroatoms. The highest BCUT2D eigenvalue weighted by Gasteiger charge is 2.23. The molecule has 112 valence electrons. The molecule has 1 heterocycles. The molecule has 0 spiro atoms. The quantitative estimate of drug-likeness (QED) is 0.834. The van der Waals surface area contributed by atoms with Crippen LogP contribution in [0.5, 0.6) is 0 Å². The van der Waals surface area contributed by atoms with E-state index >= 15 is 0 Å². The van der Waals surface area contributed by atoms with Gasteiger partial charge in [0.15, 0.2) is 0 Å². The molecule has 0 aromatic heterocycles. The van der Waals surface area contributed by atoms with Crippen molar-refractivity contribution in [2.75, 3.05) is 19.3 Å². The first-order valence-electron chi connectivity index (χ1n) is 6.47. The van der Waals surface area contributed by atoms with Gasteiger partial charge in [0.2, 0.25) is 0 Å². The van der Waals surface area contributed by atoms with Gasteiger partial charge in [-0.3, -0.25) is 4.79 Å². The maximum Gasteiger partial charge on any atom is 0.253 e. The lowest BCUT2D eigenvalue weighted by molar-refractivity contribution is 0.0914. The molecule has 1 aliphatic heterocycles. The van der Waals surface area contributed by atoms with Gasteiger partial charge in [-0.15, -0.1) is 24.2 Å². The van der Waals surface area contributed by atoms with Crippen molar-refractivity contribution in [1.29, 1.82) is 0 Å². The van der Waals surface area contributed by atoms with Crippen LogP contribution in [0.2, 0.25) is 5.02 Å². The third-order valence-corrected chi connectivity index (χ3v) is 4.57. The predicted octanol–water partition coefficient (Wildman–Crippen LogP) is 3.21. The van der Waals surface area contributed by atoms with Crippen LogP contribution in [-0.2, 0) is 0 Å².